The molecule has 1 aliphatic carbocycles. The number of pyridine rings is 1. The maximum atomic E-state index is 12.7. The number of carbonyl (C=O) groups is 1. The van der Waals surface area contributed by atoms with Crippen LogP contribution in [0.3, 0.4) is 0 Å². The Morgan fingerprint density at radius 3 is 2.40 bits per heavy atom. The molecule has 2 aromatic heterocycles. The lowest BCUT2D eigenvalue weighted by atomic mass is 9.65. The average molecular weight is 423 g/mol. The number of nitrogens with zero attached hydrogens (tertiary/aromatic N) is 4. The molecule has 2 fully saturated rings. The first kappa shape index (κ1) is 20.6. The van der Waals surface area contributed by atoms with E-state index in [1.807, 2.05) is 0 Å². The normalized spacial score (nSPS) is 19.9. The summed E-state index contributed by atoms with van der Waals surface area (Å²) in [4.78, 5) is 19.7. The van der Waals surface area contributed by atoms with Crippen LogP contribution in [-0.2, 0) is 11.0 Å². The number of hydrogen-bond acceptors (Lipinski definition) is 5. The van der Waals surface area contributed by atoms with Gasteiger partial charge in [0.1, 0.15) is 5.82 Å². The predicted molar refractivity (Wildman–Crippen MR) is 103 cm³/mol. The maximum absolute atomic E-state index is 12.7. The molecule has 7 nitrogen and oxygen atoms in total. The van der Waals surface area contributed by atoms with Gasteiger partial charge >= 0.3 is 12.1 Å². The molecule has 0 radical (unpaired) electrons. The van der Waals surface area contributed by atoms with E-state index in [2.05, 4.69) is 25.1 Å². The lowest BCUT2D eigenvalue weighted by Crippen LogP contribution is -2.42. The number of aromatic nitrogens is 4. The summed E-state index contributed by atoms with van der Waals surface area (Å²) in [6, 6.07) is 3.50. The van der Waals surface area contributed by atoms with E-state index in [9.17, 15) is 18.0 Å². The van der Waals surface area contributed by atoms with Gasteiger partial charge in [-0.3, -0.25) is 4.79 Å². The summed E-state index contributed by atoms with van der Waals surface area (Å²) in [6.45, 7) is 1.74. The molecule has 10 heteroatoms. The smallest absolute Gasteiger partial charge is 0.451 e. The molecular weight excluding hydrogens is 399 g/mol. The predicted octanol–water partition coefficient (Wildman–Crippen LogP) is 4.14. The van der Waals surface area contributed by atoms with Crippen molar-refractivity contribution in [3.8, 4) is 11.4 Å². The molecule has 2 aliphatic rings. The molecule has 1 saturated heterocycles. The topological polar surface area (TPSA) is 95.0 Å². The second-order valence-electron chi connectivity index (χ2n) is 8.45. The van der Waals surface area contributed by atoms with Crippen molar-refractivity contribution in [2.24, 2.45) is 11.3 Å². The maximum Gasteiger partial charge on any atom is 0.451 e. The number of anilines is 1. The van der Waals surface area contributed by atoms with Crippen LogP contribution in [0.2, 0.25) is 0 Å². The van der Waals surface area contributed by atoms with Gasteiger partial charge in [0, 0.05) is 31.3 Å². The summed E-state index contributed by atoms with van der Waals surface area (Å²) in [7, 11) is 0. The molecule has 1 aliphatic heterocycles. The van der Waals surface area contributed by atoms with E-state index in [4.69, 9.17) is 5.11 Å². The van der Waals surface area contributed by atoms with Gasteiger partial charge in [0.05, 0.1) is 0 Å². The molecule has 0 bridgehead atoms. The Labute approximate surface area is 171 Å². The SMILES string of the molecule is O=C(O)CC1CCC2(CC1)CCN(c1ccc(-c3nnc(C(F)(F)F)[nH]3)cn1)CC2. The van der Waals surface area contributed by atoms with Gasteiger partial charge in [0.2, 0.25) is 5.82 Å². The number of aromatic amines is 1. The fourth-order valence-electron chi connectivity index (χ4n) is 4.68. The lowest BCUT2D eigenvalue weighted by molar-refractivity contribution is -0.144. The fourth-order valence-corrected chi connectivity index (χ4v) is 4.68. The van der Waals surface area contributed by atoms with Crippen LogP contribution < -0.4 is 4.90 Å². The number of halogens is 3. The highest BCUT2D eigenvalue weighted by molar-refractivity contribution is 5.67. The molecular formula is C20H24F3N5O2. The first-order chi connectivity index (χ1) is 14.2. The number of H-pyrrole nitrogens is 1. The Morgan fingerprint density at radius 2 is 1.87 bits per heavy atom. The monoisotopic (exact) mass is 423 g/mol. The van der Waals surface area contributed by atoms with E-state index in [0.717, 1.165) is 57.4 Å². The molecule has 0 atom stereocenters. The first-order valence-corrected chi connectivity index (χ1v) is 10.2. The Hall–Kier alpha value is -2.65. The first-order valence-electron chi connectivity index (χ1n) is 10.2. The molecule has 4 rings (SSSR count). The van der Waals surface area contributed by atoms with Gasteiger partial charge in [0.15, 0.2) is 5.82 Å². The number of hydrogen-bond donors (Lipinski definition) is 2. The Morgan fingerprint density at radius 1 is 1.17 bits per heavy atom. The molecule has 0 unspecified atom stereocenters. The second kappa shape index (κ2) is 7.88. The molecule has 162 valence electrons. The molecule has 30 heavy (non-hydrogen) atoms. The molecule has 1 saturated carbocycles. The summed E-state index contributed by atoms with van der Waals surface area (Å²) in [5.41, 5.74) is 0.756. The highest BCUT2D eigenvalue weighted by Crippen LogP contribution is 2.47. The summed E-state index contributed by atoms with van der Waals surface area (Å²) < 4.78 is 38.0. The van der Waals surface area contributed by atoms with Gasteiger partial charge < -0.3 is 15.0 Å². The molecule has 0 aromatic carbocycles. The van der Waals surface area contributed by atoms with Crippen LogP contribution in [0.1, 0.15) is 50.8 Å². The van der Waals surface area contributed by atoms with Crippen molar-refractivity contribution in [3.05, 3.63) is 24.2 Å². The van der Waals surface area contributed by atoms with Gasteiger partial charge in [-0.2, -0.15) is 13.2 Å². The van der Waals surface area contributed by atoms with Gasteiger partial charge in [-0.15, -0.1) is 10.2 Å². The minimum atomic E-state index is -4.56. The standard InChI is InChI=1S/C20H24F3N5O2/c21-20(22,23)18-25-17(26-27-18)14-1-2-15(24-12-14)28-9-7-19(8-10-28)5-3-13(4-6-19)11-16(29)30/h1-2,12-13H,3-11H2,(H,29,30)(H,25,26,27). The van der Waals surface area contributed by atoms with Crippen molar-refractivity contribution in [1.82, 2.24) is 20.2 Å². The van der Waals surface area contributed by atoms with Crippen LogP contribution in [0.4, 0.5) is 19.0 Å². The van der Waals surface area contributed by atoms with E-state index in [1.54, 1.807) is 12.1 Å². The number of aliphatic carboxylic acids is 1. The van der Waals surface area contributed by atoms with Crippen molar-refractivity contribution in [2.75, 3.05) is 18.0 Å². The summed E-state index contributed by atoms with van der Waals surface area (Å²) >= 11 is 0. The van der Waals surface area contributed by atoms with E-state index < -0.39 is 18.0 Å². The highest BCUT2D eigenvalue weighted by Gasteiger charge is 2.39. The Kier molecular flexibility index (Phi) is 5.42. The highest BCUT2D eigenvalue weighted by atomic mass is 19.4. The fraction of sp³-hybridized carbons (Fsp3) is 0.600. The van der Waals surface area contributed by atoms with Crippen molar-refractivity contribution < 1.29 is 23.1 Å². The number of carboxylic acid groups (broad SMARTS) is 1. The molecule has 2 N–H and O–H groups in total. The van der Waals surface area contributed by atoms with E-state index in [-0.39, 0.29) is 12.2 Å². The zero-order chi connectivity index (χ0) is 21.4. The molecule has 1 spiro atoms. The van der Waals surface area contributed by atoms with Crippen LogP contribution in [0.25, 0.3) is 11.4 Å². The average Bonchev–Trinajstić information content (AvgIpc) is 3.21. The summed E-state index contributed by atoms with van der Waals surface area (Å²) in [6.07, 6.45) is 3.45. The van der Waals surface area contributed by atoms with E-state index >= 15 is 0 Å². The van der Waals surface area contributed by atoms with E-state index in [0.29, 0.717) is 16.9 Å². The number of rotatable bonds is 4. The van der Waals surface area contributed by atoms with Gasteiger partial charge in [-0.05, 0) is 62.0 Å². The third-order valence-electron chi connectivity index (χ3n) is 6.55. The van der Waals surface area contributed by atoms with Gasteiger partial charge in [0.25, 0.3) is 0 Å². The Bertz CT molecular complexity index is 879. The minimum Gasteiger partial charge on any atom is -0.481 e. The molecule has 2 aromatic rings. The van der Waals surface area contributed by atoms with Crippen LogP contribution in [0, 0.1) is 11.3 Å². The third kappa shape index (κ3) is 4.41. The minimum absolute atomic E-state index is 0.0390. The summed E-state index contributed by atoms with van der Waals surface area (Å²) in [5, 5.41) is 15.7. The van der Waals surface area contributed by atoms with Gasteiger partial charge in [-0.25, -0.2) is 4.98 Å². The van der Waals surface area contributed by atoms with Crippen LogP contribution in [0.15, 0.2) is 18.3 Å². The zero-order valence-corrected chi connectivity index (χ0v) is 16.5. The summed E-state index contributed by atoms with van der Waals surface area (Å²) in [5.74, 6) is -0.698. The third-order valence-corrected chi connectivity index (χ3v) is 6.55. The van der Waals surface area contributed by atoms with Crippen molar-refractivity contribution in [2.45, 2.75) is 51.1 Å². The number of piperidine rings is 1. The van der Waals surface area contributed by atoms with Crippen molar-refractivity contribution in [1.29, 1.82) is 0 Å². The molecule has 0 amide bonds. The van der Waals surface area contributed by atoms with Crippen LogP contribution in [0.5, 0.6) is 0 Å². The zero-order valence-electron chi connectivity index (χ0n) is 16.5. The van der Waals surface area contributed by atoms with Gasteiger partial charge in [-0.1, -0.05) is 0 Å². The number of nitrogens with one attached hydrogen (secondary N) is 1. The largest absolute Gasteiger partial charge is 0.481 e. The number of carboxylic acids is 1. The van der Waals surface area contributed by atoms with Crippen LogP contribution in [-0.4, -0.2) is 44.3 Å². The second-order valence-corrected chi connectivity index (χ2v) is 8.45. The van der Waals surface area contributed by atoms with Crippen molar-refractivity contribution >= 4 is 11.8 Å². The molecule has 3 heterocycles. The van der Waals surface area contributed by atoms with Crippen LogP contribution >= 0.6 is 0 Å². The Balaban J connectivity index is 1.34. The van der Waals surface area contributed by atoms with Crippen molar-refractivity contribution in [3.63, 3.8) is 0 Å². The number of alkyl halides is 3. The quantitative estimate of drug-likeness (QED) is 0.768. The van der Waals surface area contributed by atoms with E-state index in [1.165, 1.54) is 6.20 Å². The lowest BCUT2D eigenvalue weighted by Gasteiger charge is -2.46.